The molecule has 1 aromatic carbocycles. The number of hydrogen-bond donors (Lipinski definition) is 3. The molecule has 1 aliphatic heterocycles. The van der Waals surface area contributed by atoms with Gasteiger partial charge in [-0.3, -0.25) is 0 Å². The van der Waals surface area contributed by atoms with Crippen LogP contribution in [0.2, 0.25) is 0 Å². The van der Waals surface area contributed by atoms with Crippen molar-refractivity contribution < 1.29 is 8.42 Å². The molecule has 0 spiro atoms. The van der Waals surface area contributed by atoms with Crippen LogP contribution in [-0.4, -0.2) is 46.0 Å². The van der Waals surface area contributed by atoms with Crippen molar-refractivity contribution in [2.24, 2.45) is 0 Å². The Labute approximate surface area is 126 Å². The normalized spacial score (nSPS) is 17.8. The molecule has 1 saturated heterocycles. The number of anilines is 2. The van der Waals surface area contributed by atoms with Crippen LogP contribution in [0.3, 0.4) is 0 Å². The zero-order valence-electron chi connectivity index (χ0n) is 12.6. The fourth-order valence-corrected chi connectivity index (χ4v) is 3.39. The maximum Gasteiger partial charge on any atom is 0.240 e. The van der Waals surface area contributed by atoms with Gasteiger partial charge >= 0.3 is 0 Å². The van der Waals surface area contributed by atoms with E-state index in [1.165, 1.54) is 26.0 Å². The molecule has 1 heterocycles. The van der Waals surface area contributed by atoms with Crippen molar-refractivity contribution in [1.29, 1.82) is 0 Å². The Balaban J connectivity index is 2.03. The molecule has 118 valence electrons. The quantitative estimate of drug-likeness (QED) is 0.684. The minimum Gasteiger partial charge on any atom is -0.397 e. The molecule has 1 unspecified atom stereocenters. The van der Waals surface area contributed by atoms with Crippen LogP contribution in [0.1, 0.15) is 19.8 Å². The van der Waals surface area contributed by atoms with E-state index in [0.717, 1.165) is 25.3 Å². The molecule has 0 saturated carbocycles. The lowest BCUT2D eigenvalue weighted by Gasteiger charge is -2.23. The fourth-order valence-electron chi connectivity index (χ4n) is 2.62. The fraction of sp³-hybridized carbons (Fsp3) is 0.571. The number of nitrogens with two attached hydrogens (primary N) is 1. The van der Waals surface area contributed by atoms with Crippen LogP contribution in [0.5, 0.6) is 0 Å². The molecular formula is C14H24N4O2S. The highest BCUT2D eigenvalue weighted by Gasteiger charge is 2.16. The SMILES string of the molecule is CNS(=O)(=O)c1ccc(NC(C)CN2CCCC2)c(N)c1. The molecule has 21 heavy (non-hydrogen) atoms. The monoisotopic (exact) mass is 312 g/mol. The number of nitrogens with zero attached hydrogens (tertiary/aromatic N) is 1. The highest BCUT2D eigenvalue weighted by Crippen LogP contribution is 2.23. The Bertz CT molecular complexity index is 583. The molecule has 6 nitrogen and oxygen atoms in total. The maximum absolute atomic E-state index is 11.7. The number of hydrogen-bond acceptors (Lipinski definition) is 5. The number of likely N-dealkylation sites (tertiary alicyclic amines) is 1. The number of rotatable bonds is 6. The summed E-state index contributed by atoms with van der Waals surface area (Å²) in [6, 6.07) is 5.03. The molecular weight excluding hydrogens is 288 g/mol. The van der Waals surface area contributed by atoms with Crippen molar-refractivity contribution in [1.82, 2.24) is 9.62 Å². The molecule has 1 aromatic rings. The van der Waals surface area contributed by atoms with Crippen LogP contribution < -0.4 is 15.8 Å². The van der Waals surface area contributed by atoms with Crippen molar-refractivity contribution in [3.8, 4) is 0 Å². The lowest BCUT2D eigenvalue weighted by molar-refractivity contribution is 0.328. The summed E-state index contributed by atoms with van der Waals surface area (Å²) in [5.41, 5.74) is 7.18. The Morgan fingerprint density at radius 3 is 2.57 bits per heavy atom. The molecule has 2 rings (SSSR count). The molecule has 7 heteroatoms. The van der Waals surface area contributed by atoms with E-state index in [4.69, 9.17) is 5.73 Å². The van der Waals surface area contributed by atoms with Crippen LogP contribution in [0, 0.1) is 0 Å². The van der Waals surface area contributed by atoms with E-state index in [9.17, 15) is 8.42 Å². The Morgan fingerprint density at radius 2 is 2.00 bits per heavy atom. The highest BCUT2D eigenvalue weighted by molar-refractivity contribution is 7.89. The topological polar surface area (TPSA) is 87.5 Å². The first kappa shape index (κ1) is 16.1. The molecule has 0 aromatic heterocycles. The number of benzene rings is 1. The molecule has 0 radical (unpaired) electrons. The number of sulfonamides is 1. The van der Waals surface area contributed by atoms with Crippen molar-refractivity contribution in [2.75, 3.05) is 37.7 Å². The molecule has 4 N–H and O–H groups in total. The van der Waals surface area contributed by atoms with Crippen LogP contribution >= 0.6 is 0 Å². The molecule has 0 bridgehead atoms. The average molecular weight is 312 g/mol. The summed E-state index contributed by atoms with van der Waals surface area (Å²) in [7, 11) is -2.07. The van der Waals surface area contributed by atoms with Crippen LogP contribution in [0.15, 0.2) is 23.1 Å². The van der Waals surface area contributed by atoms with E-state index < -0.39 is 10.0 Å². The first-order chi connectivity index (χ1) is 9.92. The van der Waals surface area contributed by atoms with E-state index >= 15 is 0 Å². The Hall–Kier alpha value is -1.31. The van der Waals surface area contributed by atoms with Gasteiger partial charge < -0.3 is 16.0 Å². The average Bonchev–Trinajstić information content (AvgIpc) is 2.93. The van der Waals surface area contributed by atoms with Crippen LogP contribution in [0.25, 0.3) is 0 Å². The van der Waals surface area contributed by atoms with Gasteiger partial charge in [0.25, 0.3) is 0 Å². The molecule has 0 amide bonds. The summed E-state index contributed by atoms with van der Waals surface area (Å²) in [4.78, 5) is 2.61. The molecule has 1 fully saturated rings. The summed E-state index contributed by atoms with van der Waals surface area (Å²) < 4.78 is 25.7. The van der Waals surface area contributed by atoms with Gasteiger partial charge in [-0.2, -0.15) is 0 Å². The van der Waals surface area contributed by atoms with E-state index in [1.54, 1.807) is 12.1 Å². The van der Waals surface area contributed by atoms with Gasteiger partial charge in [-0.1, -0.05) is 0 Å². The molecule has 1 atom stereocenters. The molecule has 0 aliphatic carbocycles. The van der Waals surface area contributed by atoms with Gasteiger partial charge in [0, 0.05) is 12.6 Å². The van der Waals surface area contributed by atoms with E-state index in [2.05, 4.69) is 21.9 Å². The first-order valence-corrected chi connectivity index (χ1v) is 8.72. The second-order valence-corrected chi connectivity index (χ2v) is 7.40. The lowest BCUT2D eigenvalue weighted by Crippen LogP contribution is -2.33. The van der Waals surface area contributed by atoms with Crippen molar-refractivity contribution in [3.63, 3.8) is 0 Å². The van der Waals surface area contributed by atoms with Gasteiger partial charge in [-0.05, 0) is 58.1 Å². The zero-order valence-corrected chi connectivity index (χ0v) is 13.4. The van der Waals surface area contributed by atoms with Gasteiger partial charge in [0.1, 0.15) is 0 Å². The van der Waals surface area contributed by atoms with E-state index in [-0.39, 0.29) is 10.9 Å². The van der Waals surface area contributed by atoms with Crippen LogP contribution in [0.4, 0.5) is 11.4 Å². The summed E-state index contributed by atoms with van der Waals surface area (Å²) in [5.74, 6) is 0. The smallest absolute Gasteiger partial charge is 0.240 e. The summed E-state index contributed by atoms with van der Waals surface area (Å²) >= 11 is 0. The van der Waals surface area contributed by atoms with Crippen molar-refractivity contribution in [2.45, 2.75) is 30.7 Å². The predicted octanol–water partition coefficient (Wildman–Crippen LogP) is 1.07. The van der Waals surface area contributed by atoms with Crippen LogP contribution in [-0.2, 0) is 10.0 Å². The Morgan fingerprint density at radius 1 is 1.33 bits per heavy atom. The number of nitrogens with one attached hydrogen (secondary N) is 2. The van der Waals surface area contributed by atoms with Gasteiger partial charge in [-0.15, -0.1) is 0 Å². The third-order valence-electron chi connectivity index (χ3n) is 3.73. The third-order valence-corrected chi connectivity index (χ3v) is 5.15. The minimum absolute atomic E-state index is 0.181. The van der Waals surface area contributed by atoms with Gasteiger partial charge in [0.15, 0.2) is 0 Å². The number of nitrogen functional groups attached to an aromatic ring is 1. The van der Waals surface area contributed by atoms with Gasteiger partial charge in [0.2, 0.25) is 10.0 Å². The summed E-state index contributed by atoms with van der Waals surface area (Å²) in [5, 5.41) is 3.35. The Kier molecular flexibility index (Phi) is 5.08. The summed E-state index contributed by atoms with van der Waals surface area (Å²) in [6.45, 7) is 5.38. The maximum atomic E-state index is 11.7. The molecule has 1 aliphatic rings. The van der Waals surface area contributed by atoms with Gasteiger partial charge in [-0.25, -0.2) is 13.1 Å². The highest BCUT2D eigenvalue weighted by atomic mass is 32.2. The first-order valence-electron chi connectivity index (χ1n) is 7.24. The largest absolute Gasteiger partial charge is 0.397 e. The minimum atomic E-state index is -3.45. The third kappa shape index (κ3) is 4.09. The lowest BCUT2D eigenvalue weighted by atomic mass is 10.2. The van der Waals surface area contributed by atoms with Crippen molar-refractivity contribution >= 4 is 21.4 Å². The van der Waals surface area contributed by atoms with E-state index in [0.29, 0.717) is 5.69 Å². The predicted molar refractivity (Wildman–Crippen MR) is 85.9 cm³/mol. The second kappa shape index (κ2) is 6.64. The van der Waals surface area contributed by atoms with E-state index in [1.807, 2.05) is 0 Å². The standard InChI is InChI=1S/C14H24N4O2S/c1-11(10-18-7-3-4-8-18)17-14-6-5-12(9-13(14)15)21(19,20)16-2/h5-6,9,11,16-17H,3-4,7-8,10,15H2,1-2H3. The van der Waals surface area contributed by atoms with Gasteiger partial charge in [0.05, 0.1) is 16.3 Å². The second-order valence-electron chi connectivity index (χ2n) is 5.51. The van der Waals surface area contributed by atoms with Crippen molar-refractivity contribution in [3.05, 3.63) is 18.2 Å². The zero-order chi connectivity index (χ0) is 15.5. The summed E-state index contributed by atoms with van der Waals surface area (Å²) in [6.07, 6.45) is 2.54.